The molecule has 0 aliphatic rings. The molecule has 0 atom stereocenters. The molecule has 0 saturated carbocycles. The second kappa shape index (κ2) is 6.91. The Bertz CT molecular complexity index is 610. The van der Waals surface area contributed by atoms with Crippen molar-refractivity contribution in [3.63, 3.8) is 0 Å². The second-order valence-electron chi connectivity index (χ2n) is 5.41. The molecule has 0 unspecified atom stereocenters. The summed E-state index contributed by atoms with van der Waals surface area (Å²) in [4.78, 5) is 23.5. The van der Waals surface area contributed by atoms with Crippen LogP contribution in [0.2, 0.25) is 0 Å². The number of hydrogen-bond acceptors (Lipinski definition) is 3. The van der Waals surface area contributed by atoms with E-state index in [0.717, 1.165) is 11.1 Å². The summed E-state index contributed by atoms with van der Waals surface area (Å²) in [7, 11) is 0. The lowest BCUT2D eigenvalue weighted by atomic mass is 9.92. The van der Waals surface area contributed by atoms with Gasteiger partial charge in [0.25, 0.3) is 5.91 Å². The average Bonchev–Trinajstić information content (AvgIpc) is 2.43. The Kier molecular flexibility index (Phi) is 5.51. The van der Waals surface area contributed by atoms with Crippen LogP contribution in [0.25, 0.3) is 0 Å². The predicted molar refractivity (Wildman–Crippen MR) is 82.4 cm³/mol. The van der Waals surface area contributed by atoms with Gasteiger partial charge >= 0.3 is 0 Å². The lowest BCUT2D eigenvalue weighted by molar-refractivity contribution is -0.125. The van der Waals surface area contributed by atoms with Crippen LogP contribution in [-0.4, -0.2) is 24.9 Å². The van der Waals surface area contributed by atoms with Gasteiger partial charge in [-0.3, -0.25) is 9.59 Å². The molecule has 0 spiro atoms. The number of hydrogen-bond donors (Lipinski definition) is 3. The van der Waals surface area contributed by atoms with Crippen molar-refractivity contribution in [2.45, 2.75) is 20.8 Å². The standard InChI is InChI=1S/C16H21N3O2/c1-11-12(7-5-9-17)6-4-8-13(11)14(20)19-10-16(2,3)15(18)21/h4,6,8H,9-10,17H2,1-3H3,(H2,18,21)(H,19,20). The van der Waals surface area contributed by atoms with Crippen LogP contribution in [0, 0.1) is 24.2 Å². The van der Waals surface area contributed by atoms with Gasteiger partial charge in [-0.25, -0.2) is 0 Å². The zero-order valence-corrected chi connectivity index (χ0v) is 12.6. The SMILES string of the molecule is Cc1c(C#CCN)cccc1C(=O)NCC(C)(C)C(N)=O. The number of carbonyl (C=O) groups excluding carboxylic acids is 2. The first-order chi connectivity index (χ1) is 9.79. The molecule has 1 aromatic carbocycles. The van der Waals surface area contributed by atoms with Gasteiger partial charge in [-0.15, -0.1) is 0 Å². The molecule has 5 N–H and O–H groups in total. The van der Waals surface area contributed by atoms with E-state index in [1.165, 1.54) is 0 Å². The fraction of sp³-hybridized carbons (Fsp3) is 0.375. The Morgan fingerprint density at radius 3 is 2.57 bits per heavy atom. The Balaban J connectivity index is 2.91. The molecule has 1 aromatic rings. The van der Waals surface area contributed by atoms with Crippen LogP contribution in [0.5, 0.6) is 0 Å². The van der Waals surface area contributed by atoms with Crippen molar-refractivity contribution in [2.75, 3.05) is 13.1 Å². The van der Waals surface area contributed by atoms with Crippen LogP contribution in [-0.2, 0) is 4.79 Å². The van der Waals surface area contributed by atoms with Crippen molar-refractivity contribution in [3.05, 3.63) is 34.9 Å². The average molecular weight is 287 g/mol. The third-order valence-corrected chi connectivity index (χ3v) is 3.26. The first-order valence-electron chi connectivity index (χ1n) is 6.66. The lowest BCUT2D eigenvalue weighted by Crippen LogP contribution is -2.42. The van der Waals surface area contributed by atoms with E-state index >= 15 is 0 Å². The van der Waals surface area contributed by atoms with E-state index in [2.05, 4.69) is 17.2 Å². The third kappa shape index (κ3) is 4.33. The van der Waals surface area contributed by atoms with Crippen molar-refractivity contribution < 1.29 is 9.59 Å². The monoisotopic (exact) mass is 287 g/mol. The summed E-state index contributed by atoms with van der Waals surface area (Å²) in [6.45, 7) is 5.65. The van der Waals surface area contributed by atoms with E-state index < -0.39 is 11.3 Å². The van der Waals surface area contributed by atoms with Gasteiger partial charge in [0, 0.05) is 17.7 Å². The zero-order valence-electron chi connectivity index (χ0n) is 12.6. The van der Waals surface area contributed by atoms with Gasteiger partial charge in [0.15, 0.2) is 0 Å². The predicted octanol–water partition coefficient (Wildman–Crippen LogP) is 0.547. The molecule has 0 aliphatic carbocycles. The lowest BCUT2D eigenvalue weighted by Gasteiger charge is -2.21. The Morgan fingerprint density at radius 1 is 1.33 bits per heavy atom. The smallest absolute Gasteiger partial charge is 0.251 e. The van der Waals surface area contributed by atoms with E-state index in [1.807, 2.05) is 13.0 Å². The number of nitrogens with two attached hydrogens (primary N) is 2. The summed E-state index contributed by atoms with van der Waals surface area (Å²) in [6, 6.07) is 5.32. The Hall–Kier alpha value is -2.32. The highest BCUT2D eigenvalue weighted by Crippen LogP contribution is 2.15. The summed E-state index contributed by atoms with van der Waals surface area (Å²) in [5.74, 6) is 4.99. The topological polar surface area (TPSA) is 98.2 Å². The summed E-state index contributed by atoms with van der Waals surface area (Å²) >= 11 is 0. The highest BCUT2D eigenvalue weighted by molar-refractivity contribution is 5.96. The molecule has 5 heteroatoms. The summed E-state index contributed by atoms with van der Waals surface area (Å²) in [5, 5.41) is 2.73. The summed E-state index contributed by atoms with van der Waals surface area (Å²) < 4.78 is 0. The summed E-state index contributed by atoms with van der Waals surface area (Å²) in [5.41, 5.74) is 11.9. The van der Waals surface area contributed by atoms with Crippen molar-refractivity contribution in [2.24, 2.45) is 16.9 Å². The molecule has 0 fully saturated rings. The van der Waals surface area contributed by atoms with Crippen LogP contribution in [0.1, 0.15) is 35.3 Å². The number of benzene rings is 1. The molecule has 0 aromatic heterocycles. The van der Waals surface area contributed by atoms with Gasteiger partial charge in [-0.2, -0.15) is 0 Å². The van der Waals surface area contributed by atoms with Gasteiger partial charge in [0.2, 0.25) is 5.91 Å². The highest BCUT2D eigenvalue weighted by atomic mass is 16.2. The first-order valence-corrected chi connectivity index (χ1v) is 6.66. The minimum atomic E-state index is -0.791. The quantitative estimate of drug-likeness (QED) is 0.705. The normalized spacial score (nSPS) is 10.5. The van der Waals surface area contributed by atoms with Crippen molar-refractivity contribution in [1.29, 1.82) is 0 Å². The number of carbonyl (C=O) groups is 2. The number of primary amides is 1. The van der Waals surface area contributed by atoms with Crippen molar-refractivity contribution >= 4 is 11.8 Å². The molecule has 5 nitrogen and oxygen atoms in total. The number of nitrogens with one attached hydrogen (secondary N) is 1. The molecule has 2 amide bonds. The second-order valence-corrected chi connectivity index (χ2v) is 5.41. The number of amides is 2. The Morgan fingerprint density at radius 2 is 2.00 bits per heavy atom. The van der Waals surface area contributed by atoms with Gasteiger partial charge in [0.1, 0.15) is 0 Å². The molecule has 0 radical (unpaired) electrons. The van der Waals surface area contributed by atoms with Crippen molar-refractivity contribution in [1.82, 2.24) is 5.32 Å². The van der Waals surface area contributed by atoms with Gasteiger partial charge in [-0.1, -0.05) is 17.9 Å². The zero-order chi connectivity index (χ0) is 16.0. The molecule has 0 heterocycles. The maximum Gasteiger partial charge on any atom is 0.251 e. The van der Waals surface area contributed by atoms with Crippen LogP contribution in [0.4, 0.5) is 0 Å². The third-order valence-electron chi connectivity index (χ3n) is 3.26. The van der Waals surface area contributed by atoms with Crippen LogP contribution in [0.3, 0.4) is 0 Å². The molecular weight excluding hydrogens is 266 g/mol. The van der Waals surface area contributed by atoms with E-state index in [9.17, 15) is 9.59 Å². The van der Waals surface area contributed by atoms with Gasteiger partial charge in [0.05, 0.1) is 12.0 Å². The number of rotatable bonds is 4. The molecule has 0 saturated heterocycles. The van der Waals surface area contributed by atoms with E-state index in [0.29, 0.717) is 5.56 Å². The first kappa shape index (κ1) is 16.7. The molecule has 0 aliphatic heterocycles. The fourth-order valence-corrected chi connectivity index (χ4v) is 1.65. The molecule has 0 bridgehead atoms. The maximum atomic E-state index is 12.2. The molecule has 21 heavy (non-hydrogen) atoms. The minimum absolute atomic E-state index is 0.180. The Labute approximate surface area is 125 Å². The van der Waals surface area contributed by atoms with Gasteiger partial charge in [-0.05, 0) is 38.5 Å². The minimum Gasteiger partial charge on any atom is -0.369 e. The van der Waals surface area contributed by atoms with E-state index in [1.54, 1.807) is 26.0 Å². The maximum absolute atomic E-state index is 12.2. The molecular formula is C16H21N3O2. The molecule has 112 valence electrons. The van der Waals surface area contributed by atoms with E-state index in [-0.39, 0.29) is 19.0 Å². The summed E-state index contributed by atoms with van der Waals surface area (Å²) in [6.07, 6.45) is 0. The largest absolute Gasteiger partial charge is 0.369 e. The highest BCUT2D eigenvalue weighted by Gasteiger charge is 2.25. The van der Waals surface area contributed by atoms with Crippen LogP contribution < -0.4 is 16.8 Å². The van der Waals surface area contributed by atoms with Crippen molar-refractivity contribution in [3.8, 4) is 11.8 Å². The van der Waals surface area contributed by atoms with Crippen LogP contribution in [0.15, 0.2) is 18.2 Å². The van der Waals surface area contributed by atoms with E-state index in [4.69, 9.17) is 11.5 Å². The molecule has 1 rings (SSSR count). The van der Waals surface area contributed by atoms with Crippen LogP contribution >= 0.6 is 0 Å². The fourth-order valence-electron chi connectivity index (χ4n) is 1.65. The van der Waals surface area contributed by atoms with Gasteiger partial charge < -0.3 is 16.8 Å².